The average molecular weight is 187 g/mol. The Morgan fingerprint density at radius 2 is 2.00 bits per heavy atom. The minimum atomic E-state index is 0.370. The molecule has 0 amide bonds. The van der Waals surface area contributed by atoms with E-state index in [0.717, 1.165) is 0 Å². The molecule has 1 aromatic heterocycles. The number of rotatable bonds is 0. The van der Waals surface area contributed by atoms with Crippen molar-refractivity contribution in [2.45, 2.75) is 26.2 Å². The summed E-state index contributed by atoms with van der Waals surface area (Å²) in [6.07, 6.45) is 0. The van der Waals surface area contributed by atoms with Gasteiger partial charge in [-0.1, -0.05) is 0 Å². The molecule has 1 rings (SSSR count). The van der Waals surface area contributed by atoms with E-state index in [4.69, 9.17) is 0 Å². The second-order valence-corrected chi connectivity index (χ2v) is 4.90. The molecule has 0 aromatic carbocycles. The van der Waals surface area contributed by atoms with Crippen LogP contribution in [0.2, 0.25) is 0 Å². The maximum atomic E-state index is 2.35. The molecular formula is C8H12Se. The van der Waals surface area contributed by atoms with E-state index in [1.54, 1.807) is 0 Å². The fourth-order valence-corrected chi connectivity index (χ4v) is 2.54. The van der Waals surface area contributed by atoms with Crippen LogP contribution in [0.5, 0.6) is 0 Å². The van der Waals surface area contributed by atoms with Crippen LogP contribution in [0.1, 0.15) is 26.3 Å². The van der Waals surface area contributed by atoms with E-state index in [9.17, 15) is 0 Å². The summed E-state index contributed by atoms with van der Waals surface area (Å²) in [7, 11) is 0. The molecule has 0 aliphatic carbocycles. The van der Waals surface area contributed by atoms with E-state index in [1.807, 2.05) is 0 Å². The van der Waals surface area contributed by atoms with Crippen LogP contribution in [0, 0.1) is 0 Å². The molecule has 0 atom stereocenters. The Morgan fingerprint density at radius 1 is 1.33 bits per heavy atom. The zero-order chi connectivity index (χ0) is 6.91. The molecule has 0 fully saturated rings. The molecule has 0 saturated heterocycles. The third-order valence-corrected chi connectivity index (χ3v) is 2.82. The molecule has 0 aliphatic rings. The Kier molecular flexibility index (Phi) is 1.83. The molecule has 0 bridgehead atoms. The van der Waals surface area contributed by atoms with Crippen LogP contribution in [-0.2, 0) is 5.41 Å². The van der Waals surface area contributed by atoms with Crippen LogP contribution < -0.4 is 0 Å². The van der Waals surface area contributed by atoms with Crippen molar-refractivity contribution in [3.8, 4) is 0 Å². The predicted octanol–water partition coefficient (Wildman–Crippen LogP) is 2.04. The van der Waals surface area contributed by atoms with Gasteiger partial charge in [-0.15, -0.1) is 0 Å². The van der Waals surface area contributed by atoms with Crippen molar-refractivity contribution in [2.24, 2.45) is 0 Å². The van der Waals surface area contributed by atoms with Gasteiger partial charge in [0, 0.05) is 0 Å². The van der Waals surface area contributed by atoms with Gasteiger partial charge in [0.05, 0.1) is 0 Å². The molecule has 0 aliphatic heterocycles. The molecule has 0 radical (unpaired) electrons. The molecule has 1 heterocycles. The van der Waals surface area contributed by atoms with Gasteiger partial charge in [0.1, 0.15) is 0 Å². The normalized spacial score (nSPS) is 11.9. The number of hydrogen-bond donors (Lipinski definition) is 0. The summed E-state index contributed by atoms with van der Waals surface area (Å²) in [5, 5.41) is 0. The molecule has 9 heavy (non-hydrogen) atoms. The Bertz CT molecular complexity index is 167. The van der Waals surface area contributed by atoms with Crippen molar-refractivity contribution in [1.82, 2.24) is 0 Å². The van der Waals surface area contributed by atoms with Gasteiger partial charge in [0.2, 0.25) is 0 Å². The average Bonchev–Trinajstić information content (AvgIpc) is 2.08. The number of hydrogen-bond acceptors (Lipinski definition) is 0. The van der Waals surface area contributed by atoms with Gasteiger partial charge >= 0.3 is 62.2 Å². The second kappa shape index (κ2) is 2.32. The molecule has 0 saturated carbocycles. The first-order valence-electron chi connectivity index (χ1n) is 3.13. The van der Waals surface area contributed by atoms with Gasteiger partial charge in [0.15, 0.2) is 0 Å². The van der Waals surface area contributed by atoms with Crippen LogP contribution in [0.15, 0.2) is 15.9 Å². The third kappa shape index (κ3) is 1.70. The van der Waals surface area contributed by atoms with E-state index in [1.165, 1.54) is 5.56 Å². The fraction of sp³-hybridized carbons (Fsp3) is 0.500. The summed E-state index contributed by atoms with van der Waals surface area (Å²) >= 11 is 0.655. The quantitative estimate of drug-likeness (QED) is 0.545. The van der Waals surface area contributed by atoms with Crippen LogP contribution in [0.4, 0.5) is 0 Å². The molecule has 0 N–H and O–H groups in total. The minimum absolute atomic E-state index is 0.370. The van der Waals surface area contributed by atoms with Crippen molar-refractivity contribution in [3.05, 3.63) is 21.5 Å². The summed E-state index contributed by atoms with van der Waals surface area (Å²) in [6.45, 7) is 6.76. The second-order valence-electron chi connectivity index (χ2n) is 3.26. The van der Waals surface area contributed by atoms with Gasteiger partial charge in [0.25, 0.3) is 0 Å². The summed E-state index contributed by atoms with van der Waals surface area (Å²) in [6, 6.07) is 2.25. The Morgan fingerprint density at radius 3 is 2.22 bits per heavy atom. The van der Waals surface area contributed by atoms with Crippen LogP contribution in [-0.4, -0.2) is 14.5 Å². The third-order valence-electron chi connectivity index (χ3n) is 1.39. The van der Waals surface area contributed by atoms with E-state index in [2.05, 4.69) is 36.7 Å². The summed E-state index contributed by atoms with van der Waals surface area (Å²) in [4.78, 5) is 4.63. The van der Waals surface area contributed by atoms with Gasteiger partial charge in [-0.3, -0.25) is 0 Å². The van der Waals surface area contributed by atoms with Crippen LogP contribution in [0.25, 0.3) is 0 Å². The fourth-order valence-electron chi connectivity index (χ4n) is 0.691. The Balaban J connectivity index is 2.90. The zero-order valence-corrected chi connectivity index (χ0v) is 7.85. The first kappa shape index (κ1) is 7.11. The van der Waals surface area contributed by atoms with E-state index < -0.39 is 0 Å². The zero-order valence-electron chi connectivity index (χ0n) is 6.14. The molecule has 0 nitrogen and oxygen atoms in total. The standard InChI is InChI=1S/C8H12Se/c1-8(2,3)7-4-5-9-6-7/h4-6H,1-3H3. The Labute approximate surface area is 62.6 Å². The molecule has 50 valence electrons. The SMILES string of the molecule is CC(C)(C)c1cc[se]c1. The first-order valence-corrected chi connectivity index (χ1v) is 5.11. The van der Waals surface area contributed by atoms with Gasteiger partial charge < -0.3 is 0 Å². The first-order chi connectivity index (χ1) is 4.11. The van der Waals surface area contributed by atoms with Gasteiger partial charge in [-0.2, -0.15) is 0 Å². The summed E-state index contributed by atoms with van der Waals surface area (Å²) in [5.41, 5.74) is 1.87. The topological polar surface area (TPSA) is 0 Å². The van der Waals surface area contributed by atoms with Crippen molar-refractivity contribution in [2.75, 3.05) is 0 Å². The van der Waals surface area contributed by atoms with Crippen molar-refractivity contribution in [1.29, 1.82) is 0 Å². The Hall–Kier alpha value is -0.000519. The van der Waals surface area contributed by atoms with Crippen LogP contribution >= 0.6 is 0 Å². The molecule has 1 aromatic rings. The molecule has 0 unspecified atom stereocenters. The van der Waals surface area contributed by atoms with E-state index >= 15 is 0 Å². The van der Waals surface area contributed by atoms with E-state index in [0.29, 0.717) is 19.9 Å². The van der Waals surface area contributed by atoms with Crippen molar-refractivity contribution in [3.63, 3.8) is 0 Å². The summed E-state index contributed by atoms with van der Waals surface area (Å²) in [5.74, 6) is 0. The van der Waals surface area contributed by atoms with Crippen molar-refractivity contribution < 1.29 is 0 Å². The van der Waals surface area contributed by atoms with E-state index in [-0.39, 0.29) is 0 Å². The maximum absolute atomic E-state index is 2.35. The van der Waals surface area contributed by atoms with Crippen molar-refractivity contribution >= 4 is 14.5 Å². The monoisotopic (exact) mass is 188 g/mol. The molecule has 0 spiro atoms. The predicted molar refractivity (Wildman–Crippen MR) is 42.1 cm³/mol. The van der Waals surface area contributed by atoms with Crippen LogP contribution in [0.3, 0.4) is 0 Å². The molecule has 1 heteroatoms. The van der Waals surface area contributed by atoms with Gasteiger partial charge in [-0.05, 0) is 0 Å². The summed E-state index contributed by atoms with van der Waals surface area (Å²) < 4.78 is 0. The van der Waals surface area contributed by atoms with Gasteiger partial charge in [-0.25, -0.2) is 0 Å². The molecular weight excluding hydrogens is 175 g/mol.